The fourth-order valence-corrected chi connectivity index (χ4v) is 2.99. The van der Waals surface area contributed by atoms with Crippen molar-refractivity contribution in [3.05, 3.63) is 30.0 Å². The minimum Gasteiger partial charge on any atom is -0.367 e. The highest BCUT2D eigenvalue weighted by Crippen LogP contribution is 2.22. The topological polar surface area (TPSA) is 41.1 Å². The molecule has 2 aromatic rings. The average molecular weight is 284 g/mol. The van der Waals surface area contributed by atoms with E-state index in [1.165, 1.54) is 31.3 Å². The number of benzene rings is 1. The van der Waals surface area contributed by atoms with Gasteiger partial charge in [-0.2, -0.15) is 5.10 Å². The summed E-state index contributed by atoms with van der Waals surface area (Å²) in [5, 5.41) is 14.4. The van der Waals surface area contributed by atoms with Crippen molar-refractivity contribution in [1.29, 1.82) is 0 Å². The molecule has 0 aliphatic carbocycles. The van der Waals surface area contributed by atoms with E-state index >= 15 is 0 Å². The Bertz CT molecular complexity index is 603. The third-order valence-corrected chi connectivity index (χ3v) is 4.47. The lowest BCUT2D eigenvalue weighted by Gasteiger charge is -2.30. The van der Waals surface area contributed by atoms with E-state index in [9.17, 15) is 0 Å². The lowest BCUT2D eigenvalue weighted by Crippen LogP contribution is -2.36. The van der Waals surface area contributed by atoms with Gasteiger partial charge in [0.1, 0.15) is 0 Å². The van der Waals surface area contributed by atoms with E-state index in [2.05, 4.69) is 51.6 Å². The van der Waals surface area contributed by atoms with Gasteiger partial charge < -0.3 is 10.2 Å². The number of fused-ring (bicyclic) bond motifs is 1. The monoisotopic (exact) mass is 284 g/mol. The van der Waals surface area contributed by atoms with E-state index in [4.69, 9.17) is 0 Å². The van der Waals surface area contributed by atoms with Gasteiger partial charge in [0.05, 0.1) is 5.69 Å². The highest BCUT2D eigenvalue weighted by molar-refractivity contribution is 5.92. The Morgan fingerprint density at radius 1 is 1.14 bits per heavy atom. The van der Waals surface area contributed by atoms with E-state index < -0.39 is 0 Å². The minimum absolute atomic E-state index is 0.890. The molecule has 4 nitrogen and oxygen atoms in total. The van der Waals surface area contributed by atoms with Crippen molar-refractivity contribution >= 4 is 16.6 Å². The molecule has 0 spiro atoms. The van der Waals surface area contributed by atoms with Gasteiger partial charge in [0.2, 0.25) is 0 Å². The summed E-state index contributed by atoms with van der Waals surface area (Å²) >= 11 is 0. The second kappa shape index (κ2) is 6.39. The molecule has 0 atom stereocenters. The molecule has 1 aromatic heterocycles. The van der Waals surface area contributed by atoms with Crippen LogP contribution in [0.3, 0.4) is 0 Å². The number of aryl methyl sites for hydroxylation is 1. The molecule has 0 bridgehead atoms. The van der Waals surface area contributed by atoms with Crippen molar-refractivity contribution in [3.63, 3.8) is 0 Å². The van der Waals surface area contributed by atoms with Gasteiger partial charge in [-0.3, -0.25) is 0 Å². The molecule has 1 fully saturated rings. The number of aromatic nitrogens is 2. The molecule has 0 radical (unpaired) electrons. The molecule has 4 heteroatoms. The summed E-state index contributed by atoms with van der Waals surface area (Å²) in [4.78, 5) is 2.54. The van der Waals surface area contributed by atoms with Gasteiger partial charge in [-0.15, -0.1) is 5.10 Å². The maximum absolute atomic E-state index is 4.32. The van der Waals surface area contributed by atoms with Crippen molar-refractivity contribution in [2.45, 2.75) is 26.7 Å². The maximum atomic E-state index is 4.32. The third kappa shape index (κ3) is 3.32. The average Bonchev–Trinajstić information content (AvgIpc) is 2.52. The van der Waals surface area contributed by atoms with E-state index in [0.717, 1.165) is 35.9 Å². The van der Waals surface area contributed by atoms with Gasteiger partial charge in [-0.1, -0.05) is 31.2 Å². The normalized spacial score (nSPS) is 17.2. The molecule has 1 aliphatic rings. The summed E-state index contributed by atoms with van der Waals surface area (Å²) in [7, 11) is 0. The van der Waals surface area contributed by atoms with Crippen molar-refractivity contribution in [2.24, 2.45) is 5.92 Å². The lowest BCUT2D eigenvalue weighted by molar-refractivity contribution is 0.199. The fourth-order valence-electron chi connectivity index (χ4n) is 2.99. The first-order chi connectivity index (χ1) is 10.2. The lowest BCUT2D eigenvalue weighted by atomic mass is 9.99. The molecular formula is C17H24N4. The summed E-state index contributed by atoms with van der Waals surface area (Å²) < 4.78 is 0. The fraction of sp³-hybridized carbons (Fsp3) is 0.529. The van der Waals surface area contributed by atoms with E-state index in [1.807, 2.05) is 6.92 Å². The molecule has 0 saturated carbocycles. The van der Waals surface area contributed by atoms with Crippen LogP contribution in [0.5, 0.6) is 0 Å². The van der Waals surface area contributed by atoms with Crippen molar-refractivity contribution in [1.82, 2.24) is 15.1 Å². The molecule has 0 amide bonds. The highest BCUT2D eigenvalue weighted by atomic mass is 15.2. The third-order valence-electron chi connectivity index (χ3n) is 4.47. The van der Waals surface area contributed by atoms with Crippen molar-refractivity contribution in [3.8, 4) is 0 Å². The number of nitrogens with one attached hydrogen (secondary N) is 1. The van der Waals surface area contributed by atoms with Crippen LogP contribution in [0.25, 0.3) is 10.8 Å². The largest absolute Gasteiger partial charge is 0.367 e. The summed E-state index contributed by atoms with van der Waals surface area (Å²) in [6, 6.07) is 8.33. The molecule has 1 N–H and O–H groups in total. The maximum Gasteiger partial charge on any atom is 0.156 e. The van der Waals surface area contributed by atoms with Crippen LogP contribution in [0.2, 0.25) is 0 Å². The van der Waals surface area contributed by atoms with Gasteiger partial charge >= 0.3 is 0 Å². The van der Waals surface area contributed by atoms with Gasteiger partial charge in [0, 0.05) is 23.9 Å². The Labute approximate surface area is 126 Å². The standard InChI is InChI=1S/C17H24N4/c1-13-7-10-21(11-8-13)12-9-18-17-16-6-4-3-5-15(16)14(2)19-20-17/h3-6,13H,7-12H2,1-2H3,(H,18,20). The number of anilines is 1. The number of piperidine rings is 1. The summed E-state index contributed by atoms with van der Waals surface area (Å²) in [5.41, 5.74) is 0.987. The molecule has 1 saturated heterocycles. The predicted molar refractivity (Wildman–Crippen MR) is 87.6 cm³/mol. The van der Waals surface area contributed by atoms with Crippen LogP contribution >= 0.6 is 0 Å². The Morgan fingerprint density at radius 2 is 1.86 bits per heavy atom. The van der Waals surface area contributed by atoms with Crippen LogP contribution in [-0.4, -0.2) is 41.3 Å². The van der Waals surface area contributed by atoms with Gasteiger partial charge in [-0.05, 0) is 38.8 Å². The van der Waals surface area contributed by atoms with E-state index in [1.54, 1.807) is 0 Å². The Hall–Kier alpha value is -1.68. The summed E-state index contributed by atoms with van der Waals surface area (Å²) in [6.45, 7) is 8.82. The Balaban J connectivity index is 1.62. The van der Waals surface area contributed by atoms with Crippen LogP contribution in [-0.2, 0) is 0 Å². The van der Waals surface area contributed by atoms with Crippen LogP contribution in [0.15, 0.2) is 24.3 Å². The van der Waals surface area contributed by atoms with E-state index in [-0.39, 0.29) is 0 Å². The Kier molecular flexibility index (Phi) is 4.34. The van der Waals surface area contributed by atoms with Crippen LogP contribution in [0.4, 0.5) is 5.82 Å². The number of hydrogen-bond acceptors (Lipinski definition) is 4. The molecule has 1 aromatic carbocycles. The van der Waals surface area contributed by atoms with Crippen LogP contribution < -0.4 is 5.32 Å². The van der Waals surface area contributed by atoms with Gasteiger partial charge in [-0.25, -0.2) is 0 Å². The second-order valence-corrected chi connectivity index (χ2v) is 6.13. The molecule has 2 heterocycles. The van der Waals surface area contributed by atoms with E-state index in [0.29, 0.717) is 0 Å². The molecule has 0 unspecified atom stereocenters. The first-order valence-corrected chi connectivity index (χ1v) is 7.92. The zero-order valence-corrected chi connectivity index (χ0v) is 13.0. The quantitative estimate of drug-likeness (QED) is 0.936. The predicted octanol–water partition coefficient (Wildman–Crippen LogP) is 3.08. The zero-order valence-electron chi connectivity index (χ0n) is 13.0. The number of nitrogens with zero attached hydrogens (tertiary/aromatic N) is 3. The van der Waals surface area contributed by atoms with Crippen LogP contribution in [0.1, 0.15) is 25.5 Å². The molecule has 3 rings (SSSR count). The van der Waals surface area contributed by atoms with Crippen molar-refractivity contribution in [2.75, 3.05) is 31.5 Å². The Morgan fingerprint density at radius 3 is 2.62 bits per heavy atom. The minimum atomic E-state index is 0.890. The molecule has 112 valence electrons. The zero-order chi connectivity index (χ0) is 14.7. The first-order valence-electron chi connectivity index (χ1n) is 7.92. The number of hydrogen-bond donors (Lipinski definition) is 1. The van der Waals surface area contributed by atoms with Crippen molar-refractivity contribution < 1.29 is 0 Å². The van der Waals surface area contributed by atoms with Crippen LogP contribution in [0, 0.1) is 12.8 Å². The first kappa shape index (κ1) is 14.3. The second-order valence-electron chi connectivity index (χ2n) is 6.13. The number of rotatable bonds is 4. The van der Waals surface area contributed by atoms with Gasteiger partial charge in [0.15, 0.2) is 5.82 Å². The highest BCUT2D eigenvalue weighted by Gasteiger charge is 2.15. The number of likely N-dealkylation sites (tertiary alicyclic amines) is 1. The molecule has 21 heavy (non-hydrogen) atoms. The SMILES string of the molecule is Cc1nnc(NCCN2CCC(C)CC2)c2ccccc12. The van der Waals surface area contributed by atoms with Gasteiger partial charge in [0.25, 0.3) is 0 Å². The summed E-state index contributed by atoms with van der Waals surface area (Å²) in [5.74, 6) is 1.79. The molecular weight excluding hydrogens is 260 g/mol. The molecule has 1 aliphatic heterocycles. The smallest absolute Gasteiger partial charge is 0.156 e. The summed E-state index contributed by atoms with van der Waals surface area (Å²) in [6.07, 6.45) is 2.65.